The van der Waals surface area contributed by atoms with E-state index in [0.717, 1.165) is 37.6 Å². The van der Waals surface area contributed by atoms with Crippen molar-refractivity contribution in [2.45, 2.75) is 32.2 Å². The maximum Gasteiger partial charge on any atom is 0.127 e. The topological polar surface area (TPSA) is 34.4 Å². The Bertz CT molecular complexity index is 716. The third kappa shape index (κ3) is 4.87. The fraction of sp³-hybridized carbons (Fsp3) is 0.333. The number of furan rings is 1. The van der Waals surface area contributed by atoms with E-state index in [2.05, 4.69) is 47.8 Å². The molecule has 1 aromatic heterocycles. The summed E-state index contributed by atoms with van der Waals surface area (Å²) in [5.41, 5.74) is 0. The normalized spacial score (nSPS) is 11.0. The lowest BCUT2D eigenvalue weighted by molar-refractivity contribution is 0.308. The SMILES string of the molecule is c1coc(CNCCCCCCOc2cccc3ccccc23)c1. The number of fused-ring (bicyclic) bond motifs is 1. The van der Waals surface area contributed by atoms with Gasteiger partial charge in [-0.15, -0.1) is 0 Å². The molecule has 0 radical (unpaired) electrons. The summed E-state index contributed by atoms with van der Waals surface area (Å²) in [5, 5.41) is 5.83. The molecule has 0 atom stereocenters. The first-order chi connectivity index (χ1) is 11.9. The summed E-state index contributed by atoms with van der Waals surface area (Å²) < 4.78 is 11.3. The number of hydrogen-bond donors (Lipinski definition) is 1. The van der Waals surface area contributed by atoms with Gasteiger partial charge in [0.15, 0.2) is 0 Å². The highest BCUT2D eigenvalue weighted by molar-refractivity contribution is 5.88. The molecule has 0 saturated heterocycles. The van der Waals surface area contributed by atoms with Crippen LogP contribution in [0.3, 0.4) is 0 Å². The summed E-state index contributed by atoms with van der Waals surface area (Å²) in [6, 6.07) is 18.5. The predicted molar refractivity (Wildman–Crippen MR) is 98.3 cm³/mol. The predicted octanol–water partition coefficient (Wildman–Crippen LogP) is 5.16. The van der Waals surface area contributed by atoms with Gasteiger partial charge in [-0.3, -0.25) is 0 Å². The standard InChI is InChI=1S/C21H25NO2/c1(5-14-22-17-19-11-8-16-23-19)2-6-15-24-21-13-7-10-18-9-3-4-12-20(18)21/h3-4,7-13,16,22H,1-2,5-6,14-15,17H2. The molecule has 0 aliphatic rings. The summed E-state index contributed by atoms with van der Waals surface area (Å²) >= 11 is 0. The lowest BCUT2D eigenvalue weighted by Crippen LogP contribution is -2.14. The fourth-order valence-corrected chi connectivity index (χ4v) is 2.83. The van der Waals surface area contributed by atoms with Crippen molar-refractivity contribution >= 4 is 10.8 Å². The van der Waals surface area contributed by atoms with E-state index in [1.54, 1.807) is 6.26 Å². The zero-order chi connectivity index (χ0) is 16.5. The molecule has 1 heterocycles. The largest absolute Gasteiger partial charge is 0.493 e. The van der Waals surface area contributed by atoms with E-state index in [1.165, 1.54) is 30.0 Å². The first-order valence-electron chi connectivity index (χ1n) is 8.77. The molecular weight excluding hydrogens is 298 g/mol. The smallest absolute Gasteiger partial charge is 0.127 e. The highest BCUT2D eigenvalue weighted by Gasteiger charge is 2.01. The Hall–Kier alpha value is -2.26. The van der Waals surface area contributed by atoms with Gasteiger partial charge >= 0.3 is 0 Å². The Labute approximate surface area is 143 Å². The van der Waals surface area contributed by atoms with E-state index in [1.807, 2.05) is 12.1 Å². The van der Waals surface area contributed by atoms with Crippen molar-refractivity contribution in [2.24, 2.45) is 0 Å². The van der Waals surface area contributed by atoms with Crippen LogP contribution < -0.4 is 10.1 Å². The Morgan fingerprint density at radius 2 is 1.71 bits per heavy atom. The second kappa shape index (κ2) is 9.14. The van der Waals surface area contributed by atoms with Crippen LogP contribution >= 0.6 is 0 Å². The van der Waals surface area contributed by atoms with E-state index in [0.29, 0.717) is 0 Å². The fourth-order valence-electron chi connectivity index (χ4n) is 2.83. The Morgan fingerprint density at radius 3 is 2.62 bits per heavy atom. The first-order valence-corrected chi connectivity index (χ1v) is 8.77. The third-order valence-electron chi connectivity index (χ3n) is 4.13. The van der Waals surface area contributed by atoms with Crippen LogP contribution in [-0.2, 0) is 6.54 Å². The zero-order valence-electron chi connectivity index (χ0n) is 14.0. The minimum atomic E-state index is 0.786. The van der Waals surface area contributed by atoms with Gasteiger partial charge in [0, 0.05) is 5.39 Å². The van der Waals surface area contributed by atoms with Gasteiger partial charge < -0.3 is 14.5 Å². The lowest BCUT2D eigenvalue weighted by Gasteiger charge is -2.09. The Morgan fingerprint density at radius 1 is 0.833 bits per heavy atom. The molecule has 24 heavy (non-hydrogen) atoms. The van der Waals surface area contributed by atoms with Gasteiger partial charge in [-0.2, -0.15) is 0 Å². The van der Waals surface area contributed by atoms with E-state index < -0.39 is 0 Å². The maximum absolute atomic E-state index is 5.97. The van der Waals surface area contributed by atoms with Crippen LogP contribution in [0, 0.1) is 0 Å². The average Bonchev–Trinajstić information content (AvgIpc) is 3.14. The Kier molecular flexibility index (Phi) is 6.32. The molecule has 3 aromatic rings. The molecule has 0 saturated carbocycles. The van der Waals surface area contributed by atoms with Gasteiger partial charge in [0.25, 0.3) is 0 Å². The van der Waals surface area contributed by atoms with Crippen LogP contribution in [0.2, 0.25) is 0 Å². The monoisotopic (exact) mass is 323 g/mol. The van der Waals surface area contributed by atoms with Gasteiger partial charge in [0.05, 0.1) is 19.4 Å². The molecule has 0 amide bonds. The average molecular weight is 323 g/mol. The van der Waals surface area contributed by atoms with Gasteiger partial charge in [-0.25, -0.2) is 0 Å². The summed E-state index contributed by atoms with van der Waals surface area (Å²) in [7, 11) is 0. The molecule has 0 aliphatic carbocycles. The van der Waals surface area contributed by atoms with Crippen molar-refractivity contribution in [3.8, 4) is 5.75 Å². The molecular formula is C21H25NO2. The van der Waals surface area contributed by atoms with Crippen LogP contribution in [0.25, 0.3) is 10.8 Å². The highest BCUT2D eigenvalue weighted by Crippen LogP contribution is 2.25. The summed E-state index contributed by atoms with van der Waals surface area (Å²) in [5.74, 6) is 1.99. The highest BCUT2D eigenvalue weighted by atomic mass is 16.5. The molecule has 3 nitrogen and oxygen atoms in total. The lowest BCUT2D eigenvalue weighted by atomic mass is 10.1. The molecule has 1 N–H and O–H groups in total. The summed E-state index contributed by atoms with van der Waals surface area (Å²) in [4.78, 5) is 0. The van der Waals surface area contributed by atoms with Crippen molar-refractivity contribution < 1.29 is 9.15 Å². The molecule has 0 bridgehead atoms. The third-order valence-corrected chi connectivity index (χ3v) is 4.13. The Balaban J connectivity index is 1.27. The zero-order valence-corrected chi connectivity index (χ0v) is 14.0. The maximum atomic E-state index is 5.97. The minimum Gasteiger partial charge on any atom is -0.493 e. The molecule has 3 rings (SSSR count). The number of hydrogen-bond acceptors (Lipinski definition) is 3. The molecule has 0 fully saturated rings. The van der Waals surface area contributed by atoms with Crippen LogP contribution in [0.15, 0.2) is 65.3 Å². The molecule has 3 heteroatoms. The number of nitrogens with one attached hydrogen (secondary N) is 1. The van der Waals surface area contributed by atoms with Crippen molar-refractivity contribution in [3.63, 3.8) is 0 Å². The number of ether oxygens (including phenoxy) is 1. The van der Waals surface area contributed by atoms with Crippen LogP contribution in [-0.4, -0.2) is 13.2 Å². The van der Waals surface area contributed by atoms with Crippen LogP contribution in [0.1, 0.15) is 31.4 Å². The number of rotatable bonds is 10. The molecule has 126 valence electrons. The molecule has 0 unspecified atom stereocenters. The van der Waals surface area contributed by atoms with Crippen molar-refractivity contribution in [2.75, 3.05) is 13.2 Å². The van der Waals surface area contributed by atoms with Gasteiger partial charge in [-0.1, -0.05) is 49.2 Å². The first kappa shape index (κ1) is 16.6. The summed E-state index contributed by atoms with van der Waals surface area (Å²) in [6.45, 7) is 2.63. The van der Waals surface area contributed by atoms with Gasteiger partial charge in [0.1, 0.15) is 11.5 Å². The van der Waals surface area contributed by atoms with Crippen LogP contribution in [0.4, 0.5) is 0 Å². The van der Waals surface area contributed by atoms with E-state index >= 15 is 0 Å². The quantitative estimate of drug-likeness (QED) is 0.523. The second-order valence-electron chi connectivity index (χ2n) is 6.00. The van der Waals surface area contributed by atoms with Crippen molar-refractivity contribution in [3.05, 3.63) is 66.6 Å². The number of benzene rings is 2. The van der Waals surface area contributed by atoms with E-state index in [9.17, 15) is 0 Å². The molecule has 0 spiro atoms. The van der Waals surface area contributed by atoms with Gasteiger partial charge in [0.2, 0.25) is 0 Å². The minimum absolute atomic E-state index is 0.786. The van der Waals surface area contributed by atoms with E-state index in [-0.39, 0.29) is 0 Å². The number of unbranched alkanes of at least 4 members (excludes halogenated alkanes) is 3. The molecule has 0 aliphatic heterocycles. The van der Waals surface area contributed by atoms with Crippen molar-refractivity contribution in [1.29, 1.82) is 0 Å². The molecule has 2 aromatic carbocycles. The van der Waals surface area contributed by atoms with Gasteiger partial charge in [-0.05, 0) is 43.0 Å². The van der Waals surface area contributed by atoms with E-state index in [4.69, 9.17) is 9.15 Å². The van der Waals surface area contributed by atoms with Crippen molar-refractivity contribution in [1.82, 2.24) is 5.32 Å². The summed E-state index contributed by atoms with van der Waals surface area (Å²) in [6.07, 6.45) is 6.43. The van der Waals surface area contributed by atoms with Crippen LogP contribution in [0.5, 0.6) is 5.75 Å². The second-order valence-corrected chi connectivity index (χ2v) is 6.00.